The van der Waals surface area contributed by atoms with E-state index in [1.165, 1.54) is 31.4 Å². The van der Waals surface area contributed by atoms with Crippen LogP contribution in [0.15, 0.2) is 72.8 Å². The van der Waals surface area contributed by atoms with Crippen molar-refractivity contribution in [3.8, 4) is 29.1 Å². The Morgan fingerprint density at radius 1 is 1.19 bits per heavy atom. The van der Waals surface area contributed by atoms with Crippen LogP contribution in [0.25, 0.3) is 6.08 Å². The molecule has 0 spiro atoms. The predicted octanol–water partition coefficient (Wildman–Crippen LogP) is 5.42. The minimum Gasteiger partial charge on any atom is -0.493 e. The molecule has 0 bridgehead atoms. The van der Waals surface area contributed by atoms with E-state index in [2.05, 4.69) is 11.9 Å². The summed E-state index contributed by atoms with van der Waals surface area (Å²) in [5.74, 6) is 0.964. The summed E-state index contributed by atoms with van der Waals surface area (Å²) in [4.78, 5) is 12.6. The van der Waals surface area contributed by atoms with Gasteiger partial charge < -0.3 is 24.3 Å². The monoisotopic (exact) mass is 486 g/mol. The SMILES string of the molecule is C=CCc1cc(/C=C(/C#N)C(=O)Nc2ccccc2F)cc(OC)c1OCc1ccc2c(c1)OCO2. The molecule has 1 amide bonds. The van der Waals surface area contributed by atoms with Crippen molar-refractivity contribution in [2.45, 2.75) is 13.0 Å². The number of methoxy groups -OCH3 is 1. The van der Waals surface area contributed by atoms with E-state index in [1.807, 2.05) is 24.3 Å². The molecule has 1 aliphatic heterocycles. The molecule has 3 aromatic carbocycles. The molecule has 0 atom stereocenters. The highest BCUT2D eigenvalue weighted by atomic mass is 19.1. The van der Waals surface area contributed by atoms with Crippen LogP contribution < -0.4 is 24.3 Å². The van der Waals surface area contributed by atoms with E-state index >= 15 is 0 Å². The van der Waals surface area contributed by atoms with Gasteiger partial charge in [0.2, 0.25) is 6.79 Å². The third-order valence-corrected chi connectivity index (χ3v) is 5.36. The van der Waals surface area contributed by atoms with Gasteiger partial charge in [-0.25, -0.2) is 4.39 Å². The second-order valence-electron chi connectivity index (χ2n) is 7.78. The number of carbonyl (C=O) groups is 1. The van der Waals surface area contributed by atoms with E-state index in [-0.39, 0.29) is 24.7 Å². The van der Waals surface area contributed by atoms with Crippen LogP contribution >= 0.6 is 0 Å². The number of fused-ring (bicyclic) bond motifs is 1. The van der Waals surface area contributed by atoms with Gasteiger partial charge in [0.15, 0.2) is 23.0 Å². The average Bonchev–Trinajstić information content (AvgIpc) is 3.35. The number of rotatable bonds is 9. The van der Waals surface area contributed by atoms with Crippen molar-refractivity contribution in [1.82, 2.24) is 0 Å². The largest absolute Gasteiger partial charge is 0.493 e. The Kier molecular flexibility index (Phi) is 7.51. The van der Waals surface area contributed by atoms with Crippen molar-refractivity contribution in [3.05, 3.63) is 95.3 Å². The molecule has 7 nitrogen and oxygen atoms in total. The van der Waals surface area contributed by atoms with Gasteiger partial charge in [-0.2, -0.15) is 5.26 Å². The first-order valence-electron chi connectivity index (χ1n) is 11.0. The molecule has 0 saturated heterocycles. The zero-order chi connectivity index (χ0) is 25.5. The Morgan fingerprint density at radius 3 is 2.75 bits per heavy atom. The van der Waals surface area contributed by atoms with Crippen LogP contribution in [0.2, 0.25) is 0 Å². The van der Waals surface area contributed by atoms with Gasteiger partial charge in [0.1, 0.15) is 24.1 Å². The van der Waals surface area contributed by atoms with Crippen LogP contribution in [-0.4, -0.2) is 19.8 Å². The standard InChI is InChI=1S/C28H23FN2O5/c1-3-6-20-11-19(12-21(15-30)28(32)31-23-8-5-4-7-22(23)29)14-26(33-2)27(20)34-16-18-9-10-24-25(13-18)36-17-35-24/h3-5,7-14H,1,6,16-17H2,2H3,(H,31,32)/b21-12-. The Balaban J connectivity index is 1.59. The number of anilines is 1. The highest BCUT2D eigenvalue weighted by molar-refractivity contribution is 6.09. The van der Waals surface area contributed by atoms with Crippen LogP contribution in [0.3, 0.4) is 0 Å². The molecule has 0 saturated carbocycles. The van der Waals surface area contributed by atoms with Crippen molar-refractivity contribution >= 4 is 17.7 Å². The predicted molar refractivity (Wildman–Crippen MR) is 132 cm³/mol. The second-order valence-corrected chi connectivity index (χ2v) is 7.78. The quantitative estimate of drug-likeness (QED) is 0.247. The molecule has 182 valence electrons. The first-order chi connectivity index (χ1) is 17.5. The number of hydrogen-bond acceptors (Lipinski definition) is 6. The lowest BCUT2D eigenvalue weighted by Gasteiger charge is -2.16. The molecular weight excluding hydrogens is 463 g/mol. The molecule has 0 fully saturated rings. The number of amides is 1. The summed E-state index contributed by atoms with van der Waals surface area (Å²) < 4.78 is 36.3. The lowest BCUT2D eigenvalue weighted by atomic mass is 10.0. The van der Waals surface area contributed by atoms with Crippen LogP contribution in [0, 0.1) is 17.1 Å². The van der Waals surface area contributed by atoms with Gasteiger partial charge >= 0.3 is 0 Å². The number of ether oxygens (including phenoxy) is 4. The van der Waals surface area contributed by atoms with Crippen LogP contribution in [-0.2, 0) is 17.8 Å². The van der Waals surface area contributed by atoms with E-state index in [4.69, 9.17) is 18.9 Å². The highest BCUT2D eigenvalue weighted by Gasteiger charge is 2.17. The number of para-hydroxylation sites is 1. The van der Waals surface area contributed by atoms with Crippen LogP contribution in [0.5, 0.6) is 23.0 Å². The summed E-state index contributed by atoms with van der Waals surface area (Å²) >= 11 is 0. The fourth-order valence-corrected chi connectivity index (χ4v) is 3.64. The molecule has 8 heteroatoms. The van der Waals surface area contributed by atoms with Gasteiger partial charge in [-0.05, 0) is 60.0 Å². The molecule has 1 N–H and O–H groups in total. The van der Waals surface area contributed by atoms with E-state index in [0.717, 1.165) is 11.1 Å². The lowest BCUT2D eigenvalue weighted by molar-refractivity contribution is -0.112. The number of nitrogens with one attached hydrogen (secondary N) is 1. The fraction of sp³-hybridized carbons (Fsp3) is 0.143. The first kappa shape index (κ1) is 24.4. The normalized spacial score (nSPS) is 12.0. The summed E-state index contributed by atoms with van der Waals surface area (Å²) in [7, 11) is 1.50. The molecule has 1 heterocycles. The molecule has 1 aliphatic rings. The molecule has 0 radical (unpaired) electrons. The van der Waals surface area contributed by atoms with Gasteiger partial charge in [0, 0.05) is 5.56 Å². The fourth-order valence-electron chi connectivity index (χ4n) is 3.64. The highest BCUT2D eigenvalue weighted by Crippen LogP contribution is 2.36. The molecule has 0 aliphatic carbocycles. The number of halogens is 1. The average molecular weight is 486 g/mol. The van der Waals surface area contributed by atoms with Crippen molar-refractivity contribution in [2.75, 3.05) is 19.2 Å². The maximum Gasteiger partial charge on any atom is 0.266 e. The zero-order valence-corrected chi connectivity index (χ0v) is 19.5. The van der Waals surface area contributed by atoms with Crippen molar-refractivity contribution in [1.29, 1.82) is 5.26 Å². The third-order valence-electron chi connectivity index (χ3n) is 5.36. The first-order valence-corrected chi connectivity index (χ1v) is 11.0. The van der Waals surface area contributed by atoms with Crippen molar-refractivity contribution in [3.63, 3.8) is 0 Å². The molecule has 0 unspecified atom stereocenters. The number of nitriles is 1. The minimum absolute atomic E-state index is 0.0131. The molecular formula is C28H23FN2O5. The summed E-state index contributed by atoms with van der Waals surface area (Å²) in [6.07, 6.45) is 3.58. The summed E-state index contributed by atoms with van der Waals surface area (Å²) in [6, 6.07) is 16.6. The van der Waals surface area contributed by atoms with Gasteiger partial charge in [0.25, 0.3) is 5.91 Å². The van der Waals surface area contributed by atoms with Gasteiger partial charge in [-0.15, -0.1) is 6.58 Å². The molecule has 3 aromatic rings. The minimum atomic E-state index is -0.727. The number of hydrogen-bond donors (Lipinski definition) is 1. The van der Waals surface area contributed by atoms with Crippen LogP contribution in [0.4, 0.5) is 10.1 Å². The summed E-state index contributed by atoms with van der Waals surface area (Å²) in [5, 5.41) is 12.0. The van der Waals surface area contributed by atoms with Crippen molar-refractivity contribution in [2.24, 2.45) is 0 Å². The molecule has 0 aromatic heterocycles. The van der Waals surface area contributed by atoms with Gasteiger partial charge in [-0.1, -0.05) is 24.3 Å². The van der Waals surface area contributed by atoms with E-state index in [9.17, 15) is 14.4 Å². The topological polar surface area (TPSA) is 89.8 Å². The van der Waals surface area contributed by atoms with Crippen molar-refractivity contribution < 1.29 is 28.1 Å². The maximum absolute atomic E-state index is 13.9. The summed E-state index contributed by atoms with van der Waals surface area (Å²) in [6.45, 7) is 4.25. The Morgan fingerprint density at radius 2 is 2.00 bits per heavy atom. The molecule has 36 heavy (non-hydrogen) atoms. The number of benzene rings is 3. The number of carbonyl (C=O) groups excluding carboxylic acids is 1. The zero-order valence-electron chi connectivity index (χ0n) is 19.5. The summed E-state index contributed by atoms with van der Waals surface area (Å²) in [5.41, 5.74) is 1.97. The third kappa shape index (κ3) is 5.47. The lowest BCUT2D eigenvalue weighted by Crippen LogP contribution is -2.14. The number of nitrogens with zero attached hydrogens (tertiary/aromatic N) is 1. The Labute approximate surface area is 208 Å². The Bertz CT molecular complexity index is 1380. The molecule has 4 rings (SSSR count). The van der Waals surface area contributed by atoms with Gasteiger partial charge in [-0.3, -0.25) is 4.79 Å². The maximum atomic E-state index is 13.9. The van der Waals surface area contributed by atoms with Crippen LogP contribution in [0.1, 0.15) is 16.7 Å². The van der Waals surface area contributed by atoms with Gasteiger partial charge in [0.05, 0.1) is 12.8 Å². The Hall–Kier alpha value is -4.77. The smallest absolute Gasteiger partial charge is 0.266 e. The van der Waals surface area contributed by atoms with E-state index in [0.29, 0.717) is 35.0 Å². The van der Waals surface area contributed by atoms with E-state index < -0.39 is 11.7 Å². The van der Waals surface area contributed by atoms with E-state index in [1.54, 1.807) is 24.3 Å². The second kappa shape index (κ2) is 11.1. The number of allylic oxidation sites excluding steroid dienone is 1.